The second-order valence-corrected chi connectivity index (χ2v) is 20.5. The van der Waals surface area contributed by atoms with E-state index >= 15 is 0 Å². The van der Waals surface area contributed by atoms with Crippen molar-refractivity contribution in [1.29, 1.82) is 0 Å². The minimum absolute atomic E-state index is 0.0694. The molecule has 0 bridgehead atoms. The number of carbonyl (C=O) groups is 3. The van der Waals surface area contributed by atoms with Gasteiger partial charge in [0.05, 0.1) is 5.41 Å². The molecule has 0 aliphatic heterocycles. The number of hydrogen-bond acceptors (Lipinski definition) is 3. The molecule has 0 fully saturated rings. The van der Waals surface area contributed by atoms with Crippen molar-refractivity contribution in [1.82, 2.24) is 0 Å². The Morgan fingerprint density at radius 1 is 0.324 bits per heavy atom. The zero-order valence-electron chi connectivity index (χ0n) is 42.2. The third-order valence-corrected chi connectivity index (χ3v) is 15.5. The van der Waals surface area contributed by atoms with Gasteiger partial charge in [-0.1, -0.05) is 223 Å². The Hall–Kier alpha value is -7.23. The summed E-state index contributed by atoms with van der Waals surface area (Å²) in [5.74, 6) is 0. The van der Waals surface area contributed by atoms with Crippen LogP contribution in [0.1, 0.15) is 155 Å². The Labute approximate surface area is 422 Å². The molecule has 0 atom stereocenters. The molecule has 8 aromatic carbocycles. The summed E-state index contributed by atoms with van der Waals surface area (Å²) in [5.41, 5.74) is 24.5. The molecule has 0 heterocycles. The summed E-state index contributed by atoms with van der Waals surface area (Å²) in [6.07, 6.45) is 14.4. The van der Waals surface area contributed by atoms with Crippen molar-refractivity contribution in [2.75, 3.05) is 0 Å². The molecule has 10 rings (SSSR count). The highest BCUT2D eigenvalue weighted by Crippen LogP contribution is 2.57. The minimum Gasteiger partial charge on any atom is -0.298 e. The molecule has 0 saturated heterocycles. The van der Waals surface area contributed by atoms with E-state index < -0.39 is 5.41 Å². The molecule has 3 heteroatoms. The molecular weight excluding hydrogens is 865 g/mol. The van der Waals surface area contributed by atoms with Crippen molar-refractivity contribution in [2.24, 2.45) is 0 Å². The number of benzene rings is 8. The van der Waals surface area contributed by atoms with Crippen LogP contribution in [0.25, 0.3) is 22.3 Å². The lowest BCUT2D eigenvalue weighted by molar-refractivity contribution is 0.111. The van der Waals surface area contributed by atoms with E-state index in [4.69, 9.17) is 0 Å². The van der Waals surface area contributed by atoms with Gasteiger partial charge in [0.1, 0.15) is 18.9 Å². The first-order valence-corrected chi connectivity index (χ1v) is 25.7. The van der Waals surface area contributed by atoms with Crippen molar-refractivity contribution >= 4 is 18.9 Å². The predicted molar refractivity (Wildman–Crippen MR) is 293 cm³/mol. The number of hydrogen-bond donors (Lipinski definition) is 0. The van der Waals surface area contributed by atoms with Crippen LogP contribution in [-0.4, -0.2) is 18.9 Å². The number of rotatable bonds is 17. The smallest absolute Gasteiger partial charge is 0.150 e. The Balaban J connectivity index is 0.000000184. The maximum absolute atomic E-state index is 11.3. The molecule has 0 spiro atoms. The molecule has 0 saturated carbocycles. The maximum Gasteiger partial charge on any atom is 0.150 e. The predicted octanol–water partition coefficient (Wildman–Crippen LogP) is 16.6. The van der Waals surface area contributed by atoms with E-state index in [1.165, 1.54) is 146 Å². The second kappa shape index (κ2) is 21.4. The SMILES string of the molecule is Cc1ccc(C2(c3ccc(C=O)cc3)c3cc(C)ccc3-c3ccc(C)cc32)cc1.Cc1ccc2c(c1)C(CCCCCc1ccc(C=O)cc1)(CCCCCc1ccc(C=O)cc1)c1cc(C)ccc1-2. The van der Waals surface area contributed by atoms with Crippen LogP contribution in [-0.2, 0) is 23.7 Å². The highest BCUT2D eigenvalue weighted by atomic mass is 16.1. The summed E-state index contributed by atoms with van der Waals surface area (Å²) >= 11 is 0. The average molecular weight is 931 g/mol. The Bertz CT molecular complexity index is 3000. The van der Waals surface area contributed by atoms with Crippen LogP contribution in [0.2, 0.25) is 0 Å². The summed E-state index contributed by atoms with van der Waals surface area (Å²) in [6.45, 7) is 10.9. The highest BCUT2D eigenvalue weighted by molar-refractivity contribution is 5.87. The van der Waals surface area contributed by atoms with Crippen molar-refractivity contribution in [2.45, 2.75) is 110 Å². The van der Waals surface area contributed by atoms with Crippen LogP contribution < -0.4 is 0 Å². The lowest BCUT2D eigenvalue weighted by atomic mass is 9.67. The largest absolute Gasteiger partial charge is 0.298 e. The first kappa shape index (κ1) is 48.8. The highest BCUT2D eigenvalue weighted by Gasteiger charge is 2.46. The van der Waals surface area contributed by atoms with Gasteiger partial charge in [-0.25, -0.2) is 0 Å². The van der Waals surface area contributed by atoms with Crippen LogP contribution in [0.4, 0.5) is 0 Å². The van der Waals surface area contributed by atoms with E-state index in [1.807, 2.05) is 36.4 Å². The maximum atomic E-state index is 11.3. The molecule has 0 N–H and O–H groups in total. The lowest BCUT2D eigenvalue weighted by Crippen LogP contribution is -2.28. The number of aryl methyl sites for hydroxylation is 7. The van der Waals surface area contributed by atoms with Gasteiger partial charge in [-0.2, -0.15) is 0 Å². The third kappa shape index (κ3) is 9.93. The fraction of sp³-hybridized carbons (Fsp3) is 0.250. The van der Waals surface area contributed by atoms with Crippen LogP contribution >= 0.6 is 0 Å². The van der Waals surface area contributed by atoms with Crippen LogP contribution in [0.15, 0.2) is 170 Å². The molecule has 2 aliphatic rings. The molecule has 356 valence electrons. The molecular formula is C68H66O3. The molecule has 71 heavy (non-hydrogen) atoms. The van der Waals surface area contributed by atoms with Gasteiger partial charge in [-0.3, -0.25) is 14.4 Å². The molecule has 0 unspecified atom stereocenters. The summed E-state index contributed by atoms with van der Waals surface area (Å²) in [5, 5.41) is 0. The van der Waals surface area contributed by atoms with E-state index in [-0.39, 0.29) is 5.41 Å². The van der Waals surface area contributed by atoms with Crippen LogP contribution in [0.3, 0.4) is 0 Å². The summed E-state index contributed by atoms with van der Waals surface area (Å²) in [7, 11) is 0. The summed E-state index contributed by atoms with van der Waals surface area (Å²) in [6, 6.07) is 60.8. The van der Waals surface area contributed by atoms with Gasteiger partial charge in [-0.05, 0) is 140 Å². The van der Waals surface area contributed by atoms with Gasteiger partial charge in [0, 0.05) is 22.1 Å². The molecule has 0 aromatic heterocycles. The molecule has 8 aromatic rings. The van der Waals surface area contributed by atoms with Gasteiger partial charge in [0.15, 0.2) is 0 Å². The Morgan fingerprint density at radius 3 is 1.00 bits per heavy atom. The van der Waals surface area contributed by atoms with Crippen LogP contribution in [0.5, 0.6) is 0 Å². The quantitative estimate of drug-likeness (QED) is 0.0675. The van der Waals surface area contributed by atoms with Gasteiger partial charge in [0.25, 0.3) is 0 Å². The zero-order valence-corrected chi connectivity index (χ0v) is 42.2. The molecule has 0 amide bonds. The topological polar surface area (TPSA) is 51.2 Å². The van der Waals surface area contributed by atoms with Gasteiger partial charge >= 0.3 is 0 Å². The first-order chi connectivity index (χ1) is 34.6. The minimum atomic E-state index is -0.405. The molecule has 2 aliphatic carbocycles. The van der Waals surface area contributed by atoms with Crippen molar-refractivity contribution in [3.63, 3.8) is 0 Å². The summed E-state index contributed by atoms with van der Waals surface area (Å²) in [4.78, 5) is 33.3. The van der Waals surface area contributed by atoms with Crippen LogP contribution in [0, 0.1) is 34.6 Å². The molecule has 3 nitrogen and oxygen atoms in total. The van der Waals surface area contributed by atoms with Crippen molar-refractivity contribution in [3.05, 3.63) is 259 Å². The van der Waals surface area contributed by atoms with Crippen molar-refractivity contribution in [3.8, 4) is 22.3 Å². The van der Waals surface area contributed by atoms with Crippen molar-refractivity contribution < 1.29 is 14.4 Å². The third-order valence-electron chi connectivity index (χ3n) is 15.5. The zero-order chi connectivity index (χ0) is 49.5. The Kier molecular flexibility index (Phi) is 14.7. The Morgan fingerprint density at radius 2 is 0.634 bits per heavy atom. The number of carbonyl (C=O) groups excluding carboxylic acids is 3. The fourth-order valence-electron chi connectivity index (χ4n) is 11.7. The number of unbranched alkanes of at least 4 members (excludes halogenated alkanes) is 4. The van der Waals surface area contributed by atoms with E-state index in [0.29, 0.717) is 5.56 Å². The fourth-order valence-corrected chi connectivity index (χ4v) is 11.7. The monoisotopic (exact) mass is 931 g/mol. The second-order valence-electron chi connectivity index (χ2n) is 20.5. The first-order valence-electron chi connectivity index (χ1n) is 25.7. The molecule has 0 radical (unpaired) electrons. The number of fused-ring (bicyclic) bond motifs is 6. The summed E-state index contributed by atoms with van der Waals surface area (Å²) < 4.78 is 0. The van der Waals surface area contributed by atoms with E-state index in [2.05, 4.69) is 168 Å². The van der Waals surface area contributed by atoms with Gasteiger partial charge in [-0.15, -0.1) is 0 Å². The van der Waals surface area contributed by atoms with E-state index in [1.54, 1.807) is 0 Å². The van der Waals surface area contributed by atoms with E-state index in [9.17, 15) is 14.4 Å². The normalized spacial score (nSPS) is 13.3. The van der Waals surface area contributed by atoms with E-state index in [0.717, 1.165) is 42.8 Å². The lowest BCUT2D eigenvalue weighted by Gasteiger charge is -2.34. The van der Waals surface area contributed by atoms with Gasteiger partial charge < -0.3 is 0 Å². The number of aldehydes is 3. The average Bonchev–Trinajstić information content (AvgIpc) is 3.82. The van der Waals surface area contributed by atoms with Gasteiger partial charge in [0.2, 0.25) is 0 Å². The standard InChI is InChI=1S/C39H42O2.C29H24O/c1-29-11-21-35-36-22-12-30(2)26-38(36)39(37(35)25-29,23-7-3-5-9-31-13-17-33(27-40)18-14-31)24-8-4-6-10-32-15-19-34(28-41)20-16-32;1-19-4-10-23(11-5-19)29(24-12-8-22(18-30)9-13-24)27-16-20(2)6-14-25(27)26-15-7-21(3)17-28(26)29/h11-22,25-28H,3-10,23-24H2,1-2H3;4-18H,1-3H3.